The number of hydrogen-bond donors (Lipinski definition) is 1. The second-order valence-electron chi connectivity index (χ2n) is 8.48. The lowest BCUT2D eigenvalue weighted by molar-refractivity contribution is -0.126. The van der Waals surface area contributed by atoms with Crippen LogP contribution in [0, 0.1) is 6.92 Å². The number of anilines is 2. The number of amides is 2. The Morgan fingerprint density at radius 3 is 2.62 bits per heavy atom. The van der Waals surface area contributed by atoms with Crippen molar-refractivity contribution in [2.24, 2.45) is 0 Å². The molecule has 0 saturated carbocycles. The number of pyridine rings is 1. The number of hydrogen-bond acceptors (Lipinski definition) is 5. The molecule has 5 rings (SSSR count). The third kappa shape index (κ3) is 3.05. The molecule has 2 aromatic carbocycles. The molecule has 162 valence electrons. The predicted molar refractivity (Wildman–Crippen MR) is 127 cm³/mol. The third-order valence-electron chi connectivity index (χ3n) is 5.93. The van der Waals surface area contributed by atoms with Crippen LogP contribution < -0.4 is 10.2 Å². The Balaban J connectivity index is 1.54. The summed E-state index contributed by atoms with van der Waals surface area (Å²) in [6.07, 6.45) is 0. The van der Waals surface area contributed by atoms with Gasteiger partial charge in [-0.3, -0.25) is 18.9 Å². The quantitative estimate of drug-likeness (QED) is 0.472. The van der Waals surface area contributed by atoms with E-state index in [0.717, 1.165) is 22.1 Å². The van der Waals surface area contributed by atoms with Crippen LogP contribution in [-0.4, -0.2) is 37.2 Å². The maximum Gasteiger partial charge on any atom is 0.250 e. The van der Waals surface area contributed by atoms with E-state index in [9.17, 15) is 9.59 Å². The Labute approximate surface area is 189 Å². The number of carbonyl (C=O) groups excluding carboxylic acids is 2. The number of carbonyl (C=O) groups is 2. The minimum Gasteiger partial charge on any atom is -0.322 e. The summed E-state index contributed by atoms with van der Waals surface area (Å²) in [5.74, 6) is -0.369. The molecule has 7 nitrogen and oxygen atoms in total. The molecule has 0 spiro atoms. The standard InChI is InChI=1S/C24H23N5O2S/c1-14-13-20-26-27-23(28(20)18-11-7-5-9-16(14)18)32-15(2)21(30)29-19-12-8-6-10-17(19)25-22(31)24(29,3)4/h5-13,15H,1-4H3,(H,25,31). The minimum absolute atomic E-state index is 0.157. The Morgan fingerprint density at radius 1 is 1.09 bits per heavy atom. The first-order chi connectivity index (χ1) is 15.3. The highest BCUT2D eigenvalue weighted by Gasteiger charge is 2.45. The highest BCUT2D eigenvalue weighted by Crippen LogP contribution is 2.39. The normalized spacial score (nSPS) is 16.1. The van der Waals surface area contributed by atoms with Gasteiger partial charge in [-0.25, -0.2) is 0 Å². The molecular formula is C24H23N5O2S. The molecule has 2 aromatic heterocycles. The lowest BCUT2D eigenvalue weighted by atomic mass is 9.96. The van der Waals surface area contributed by atoms with Crippen LogP contribution in [-0.2, 0) is 9.59 Å². The number of fused-ring (bicyclic) bond motifs is 4. The third-order valence-corrected chi connectivity index (χ3v) is 6.96. The summed E-state index contributed by atoms with van der Waals surface area (Å²) in [5, 5.41) is 12.9. The van der Waals surface area contributed by atoms with Gasteiger partial charge in [-0.1, -0.05) is 42.1 Å². The van der Waals surface area contributed by atoms with E-state index in [4.69, 9.17) is 0 Å². The van der Waals surface area contributed by atoms with E-state index in [-0.39, 0.29) is 11.8 Å². The van der Waals surface area contributed by atoms with Gasteiger partial charge in [0.05, 0.1) is 22.1 Å². The van der Waals surface area contributed by atoms with Crippen LogP contribution in [0.1, 0.15) is 26.3 Å². The summed E-state index contributed by atoms with van der Waals surface area (Å²) >= 11 is 1.35. The molecule has 3 heterocycles. The van der Waals surface area contributed by atoms with E-state index in [1.165, 1.54) is 11.8 Å². The SMILES string of the molecule is Cc1cc2nnc(SC(C)C(=O)N3c4ccccc4NC(=O)C3(C)C)n2c2ccccc12. The summed E-state index contributed by atoms with van der Waals surface area (Å²) in [6.45, 7) is 7.42. The zero-order valence-electron chi connectivity index (χ0n) is 18.3. The maximum absolute atomic E-state index is 13.7. The largest absolute Gasteiger partial charge is 0.322 e. The molecule has 0 radical (unpaired) electrons. The zero-order valence-corrected chi connectivity index (χ0v) is 19.1. The molecule has 0 bridgehead atoms. The van der Waals surface area contributed by atoms with Crippen LogP contribution in [0.2, 0.25) is 0 Å². The summed E-state index contributed by atoms with van der Waals surface area (Å²) in [7, 11) is 0. The highest BCUT2D eigenvalue weighted by molar-refractivity contribution is 8.00. The molecule has 1 unspecified atom stereocenters. The lowest BCUT2D eigenvalue weighted by Gasteiger charge is -2.43. The Hall–Kier alpha value is -3.39. The average Bonchev–Trinajstić information content (AvgIpc) is 3.16. The fourth-order valence-electron chi connectivity index (χ4n) is 4.19. The van der Waals surface area contributed by atoms with E-state index in [2.05, 4.69) is 28.5 Å². The first kappa shape index (κ1) is 20.5. The van der Waals surface area contributed by atoms with E-state index in [1.54, 1.807) is 24.8 Å². The van der Waals surface area contributed by atoms with Crippen molar-refractivity contribution in [1.29, 1.82) is 0 Å². The molecule has 2 amide bonds. The van der Waals surface area contributed by atoms with Crippen molar-refractivity contribution in [3.63, 3.8) is 0 Å². The molecule has 1 atom stereocenters. The Bertz CT molecular complexity index is 1390. The number of nitrogens with zero attached hydrogens (tertiary/aromatic N) is 4. The molecule has 1 N–H and O–H groups in total. The number of rotatable bonds is 3. The van der Waals surface area contributed by atoms with Gasteiger partial charge in [-0.2, -0.15) is 0 Å². The van der Waals surface area contributed by atoms with Crippen molar-refractivity contribution in [3.05, 3.63) is 60.2 Å². The predicted octanol–water partition coefficient (Wildman–Crippen LogP) is 4.44. The monoisotopic (exact) mass is 445 g/mol. The van der Waals surface area contributed by atoms with Gasteiger partial charge in [-0.15, -0.1) is 10.2 Å². The van der Waals surface area contributed by atoms with Gasteiger partial charge in [-0.05, 0) is 57.5 Å². The first-order valence-electron chi connectivity index (χ1n) is 10.4. The molecule has 0 fully saturated rings. The van der Waals surface area contributed by atoms with Crippen LogP contribution >= 0.6 is 11.8 Å². The fourth-order valence-corrected chi connectivity index (χ4v) is 5.10. The van der Waals surface area contributed by atoms with Gasteiger partial charge in [0, 0.05) is 5.39 Å². The van der Waals surface area contributed by atoms with Crippen molar-refractivity contribution in [1.82, 2.24) is 14.6 Å². The number of para-hydroxylation sites is 3. The molecule has 32 heavy (non-hydrogen) atoms. The highest BCUT2D eigenvalue weighted by atomic mass is 32.2. The van der Waals surface area contributed by atoms with Crippen molar-refractivity contribution in [3.8, 4) is 0 Å². The Kier molecular flexibility index (Phi) is 4.70. The van der Waals surface area contributed by atoms with E-state index >= 15 is 0 Å². The lowest BCUT2D eigenvalue weighted by Crippen LogP contribution is -2.60. The van der Waals surface area contributed by atoms with E-state index < -0.39 is 10.8 Å². The molecule has 1 aliphatic heterocycles. The molecule has 0 saturated heterocycles. The number of benzene rings is 2. The average molecular weight is 446 g/mol. The van der Waals surface area contributed by atoms with Gasteiger partial charge in [0.2, 0.25) is 11.8 Å². The van der Waals surface area contributed by atoms with Gasteiger partial charge < -0.3 is 5.32 Å². The smallest absolute Gasteiger partial charge is 0.250 e. The number of thioether (sulfide) groups is 1. The number of aryl methyl sites for hydroxylation is 1. The fraction of sp³-hybridized carbons (Fsp3) is 0.250. The second kappa shape index (κ2) is 7.34. The van der Waals surface area contributed by atoms with E-state index in [0.29, 0.717) is 16.5 Å². The van der Waals surface area contributed by atoms with Gasteiger partial charge >= 0.3 is 0 Å². The summed E-state index contributed by atoms with van der Waals surface area (Å²) < 4.78 is 1.98. The van der Waals surface area contributed by atoms with Crippen molar-refractivity contribution < 1.29 is 9.59 Å². The van der Waals surface area contributed by atoms with Crippen LogP contribution in [0.4, 0.5) is 11.4 Å². The van der Waals surface area contributed by atoms with Crippen molar-refractivity contribution in [2.45, 2.75) is 43.6 Å². The van der Waals surface area contributed by atoms with Crippen molar-refractivity contribution >= 4 is 51.5 Å². The minimum atomic E-state index is -1.02. The molecular weight excluding hydrogens is 422 g/mol. The van der Waals surface area contributed by atoms with Crippen LogP contribution in [0.3, 0.4) is 0 Å². The topological polar surface area (TPSA) is 79.6 Å². The van der Waals surface area contributed by atoms with Gasteiger partial charge in [0.25, 0.3) is 0 Å². The van der Waals surface area contributed by atoms with Gasteiger partial charge in [0.1, 0.15) is 5.54 Å². The number of aromatic nitrogens is 3. The Morgan fingerprint density at radius 2 is 1.81 bits per heavy atom. The van der Waals surface area contributed by atoms with Crippen LogP contribution in [0.25, 0.3) is 16.6 Å². The van der Waals surface area contributed by atoms with E-state index in [1.807, 2.05) is 53.8 Å². The molecule has 0 aliphatic carbocycles. The number of nitrogens with one attached hydrogen (secondary N) is 1. The maximum atomic E-state index is 13.7. The van der Waals surface area contributed by atoms with Crippen LogP contribution in [0.5, 0.6) is 0 Å². The van der Waals surface area contributed by atoms with Gasteiger partial charge in [0.15, 0.2) is 10.8 Å². The van der Waals surface area contributed by atoms with Crippen LogP contribution in [0.15, 0.2) is 59.8 Å². The zero-order chi connectivity index (χ0) is 22.6. The van der Waals surface area contributed by atoms with Crippen molar-refractivity contribution in [2.75, 3.05) is 10.2 Å². The first-order valence-corrected chi connectivity index (χ1v) is 11.3. The molecule has 4 aromatic rings. The summed E-state index contributed by atoms with van der Waals surface area (Å²) in [5.41, 5.74) is 3.18. The molecule has 1 aliphatic rings. The molecule has 8 heteroatoms. The second-order valence-corrected chi connectivity index (χ2v) is 9.79. The summed E-state index contributed by atoms with van der Waals surface area (Å²) in [4.78, 5) is 28.0. The summed E-state index contributed by atoms with van der Waals surface area (Å²) in [6, 6.07) is 17.5.